The lowest BCUT2D eigenvalue weighted by molar-refractivity contribution is -0.145. The molecule has 0 aromatic heterocycles. The number of thioether (sulfide) groups is 1. The Morgan fingerprint density at radius 1 is 0.939 bits per heavy atom. The molecule has 0 bridgehead atoms. The van der Waals surface area contributed by atoms with Crippen molar-refractivity contribution in [3.8, 4) is 0 Å². The number of carbonyl (C=O) groups is 5. The number of benzene rings is 2. The van der Waals surface area contributed by atoms with Crippen LogP contribution >= 0.6 is 24.0 Å². The number of fused-ring (bicyclic) bond motifs is 1. The first-order chi connectivity index (χ1) is 23.5. The Kier molecular flexibility index (Phi) is 14.0. The minimum atomic E-state index is -1.40. The molecule has 4 amide bonds. The van der Waals surface area contributed by atoms with E-state index in [-0.39, 0.29) is 43.0 Å². The van der Waals surface area contributed by atoms with Crippen LogP contribution in [0.4, 0.5) is 0 Å². The SMILES string of the molecule is CCOC(=S)SC(CCC(=O)OCc1ccccc1)CC[C@@H]1NC(=O)[C@@H]2CCCN2C(=O)[C@H](Cc2ccccc2)NC(=O)C(C)(C)NC1=O. The average Bonchev–Trinajstić information content (AvgIpc) is 3.58. The average molecular weight is 711 g/mol. The molecular formula is C36H46N4O7S2. The number of hydrogen-bond donors (Lipinski definition) is 3. The molecule has 4 atom stereocenters. The van der Waals surface area contributed by atoms with Crippen LogP contribution in [0.2, 0.25) is 0 Å². The van der Waals surface area contributed by atoms with Crippen LogP contribution in [0, 0.1) is 0 Å². The summed E-state index contributed by atoms with van der Waals surface area (Å²) in [5.74, 6) is -2.16. The van der Waals surface area contributed by atoms with E-state index in [0.29, 0.717) is 43.2 Å². The predicted octanol–water partition coefficient (Wildman–Crippen LogP) is 3.83. The van der Waals surface area contributed by atoms with Crippen LogP contribution in [-0.4, -0.2) is 80.9 Å². The smallest absolute Gasteiger partial charge is 0.306 e. The summed E-state index contributed by atoms with van der Waals surface area (Å²) in [5, 5.41) is 8.33. The van der Waals surface area contributed by atoms with Gasteiger partial charge in [0.25, 0.3) is 0 Å². The number of amides is 4. The molecular weight excluding hydrogens is 665 g/mol. The van der Waals surface area contributed by atoms with E-state index in [2.05, 4.69) is 16.0 Å². The minimum Gasteiger partial charge on any atom is -0.479 e. The number of nitrogens with zero attached hydrogens (tertiary/aromatic N) is 1. The summed E-state index contributed by atoms with van der Waals surface area (Å²) >= 11 is 6.68. The summed E-state index contributed by atoms with van der Waals surface area (Å²) in [5.41, 5.74) is 0.344. The van der Waals surface area contributed by atoms with Gasteiger partial charge in [0.1, 0.15) is 30.3 Å². The van der Waals surface area contributed by atoms with Gasteiger partial charge in [-0.3, -0.25) is 24.0 Å². The third kappa shape index (κ3) is 11.3. The zero-order valence-corrected chi connectivity index (χ0v) is 29.9. The molecule has 2 fully saturated rings. The molecule has 3 N–H and O–H groups in total. The maximum absolute atomic E-state index is 13.9. The molecule has 13 heteroatoms. The van der Waals surface area contributed by atoms with Crippen molar-refractivity contribution in [3.05, 3.63) is 71.8 Å². The molecule has 1 unspecified atom stereocenters. The summed E-state index contributed by atoms with van der Waals surface area (Å²) in [6, 6.07) is 16.0. The molecule has 0 radical (unpaired) electrons. The molecule has 4 rings (SSSR count). The quantitative estimate of drug-likeness (QED) is 0.221. The first kappa shape index (κ1) is 37.8. The maximum atomic E-state index is 13.9. The van der Waals surface area contributed by atoms with Gasteiger partial charge in [0, 0.05) is 24.6 Å². The van der Waals surface area contributed by atoms with E-state index in [9.17, 15) is 24.0 Å². The Balaban J connectivity index is 1.48. The number of ether oxygens (including phenoxy) is 2. The van der Waals surface area contributed by atoms with Gasteiger partial charge in [0.15, 0.2) is 0 Å². The number of esters is 1. The number of rotatable bonds is 12. The van der Waals surface area contributed by atoms with Crippen molar-refractivity contribution in [1.82, 2.24) is 20.9 Å². The van der Waals surface area contributed by atoms with E-state index in [4.69, 9.17) is 21.7 Å². The normalized spacial score (nSPS) is 21.6. The van der Waals surface area contributed by atoms with E-state index in [1.54, 1.807) is 13.8 Å². The second kappa shape index (κ2) is 18.1. The van der Waals surface area contributed by atoms with E-state index >= 15 is 0 Å². The van der Waals surface area contributed by atoms with Gasteiger partial charge in [0.05, 0.1) is 6.61 Å². The maximum Gasteiger partial charge on any atom is 0.306 e. The molecule has 0 spiro atoms. The van der Waals surface area contributed by atoms with Crippen molar-refractivity contribution < 1.29 is 33.4 Å². The monoisotopic (exact) mass is 710 g/mol. The molecule has 2 saturated heterocycles. The summed E-state index contributed by atoms with van der Waals surface area (Å²) in [4.78, 5) is 69.1. The van der Waals surface area contributed by atoms with Gasteiger partial charge in [-0.2, -0.15) is 0 Å². The first-order valence-electron chi connectivity index (χ1n) is 16.8. The van der Waals surface area contributed by atoms with Gasteiger partial charge in [0.2, 0.25) is 28.0 Å². The second-order valence-corrected chi connectivity index (χ2v) is 14.7. The van der Waals surface area contributed by atoms with Gasteiger partial charge >= 0.3 is 5.97 Å². The molecule has 11 nitrogen and oxygen atoms in total. The van der Waals surface area contributed by atoms with Crippen molar-refractivity contribution >= 4 is 58.0 Å². The number of carbonyl (C=O) groups excluding carboxylic acids is 5. The topological polar surface area (TPSA) is 143 Å². The fraction of sp³-hybridized carbons (Fsp3) is 0.500. The van der Waals surface area contributed by atoms with E-state index in [0.717, 1.165) is 11.1 Å². The van der Waals surface area contributed by atoms with Crippen molar-refractivity contribution in [2.45, 2.75) is 101 Å². The van der Waals surface area contributed by atoms with E-state index in [1.807, 2.05) is 67.6 Å². The van der Waals surface area contributed by atoms with Gasteiger partial charge in [-0.05, 0) is 76.2 Å². The lowest BCUT2D eigenvalue weighted by atomic mass is 9.98. The lowest BCUT2D eigenvalue weighted by Gasteiger charge is -2.35. The van der Waals surface area contributed by atoms with Crippen LogP contribution in [-0.2, 0) is 46.5 Å². The van der Waals surface area contributed by atoms with Crippen molar-refractivity contribution in [3.63, 3.8) is 0 Å². The van der Waals surface area contributed by atoms with Crippen LogP contribution in [0.25, 0.3) is 0 Å². The number of hydrogen-bond acceptors (Lipinski definition) is 9. The van der Waals surface area contributed by atoms with Crippen molar-refractivity contribution in [2.75, 3.05) is 13.2 Å². The third-order valence-electron chi connectivity index (χ3n) is 8.58. The first-order valence-corrected chi connectivity index (χ1v) is 18.1. The Hall–Kier alpha value is -3.97. The van der Waals surface area contributed by atoms with Gasteiger partial charge < -0.3 is 30.3 Å². The highest BCUT2D eigenvalue weighted by Gasteiger charge is 2.42. The fourth-order valence-electron chi connectivity index (χ4n) is 5.87. The standard InChI is InChI=1S/C36H46N4O7S2/c1-4-46-35(48)49-26(18-20-30(41)47-23-25-14-9-6-10-15-25)17-19-27-31(42)39-36(2,3)34(45)38-28(22-24-12-7-5-8-13-24)33(44)40-21-11-16-29(40)32(43)37-27/h5-10,12-15,26-29H,4,11,16-23H2,1-3H3,(H,37,43)(H,38,45)(H,39,42)/t26?,27-,28-,29-/m0/s1. The molecule has 2 aliphatic rings. The Bertz CT molecular complexity index is 1470. The Labute approximate surface area is 297 Å². The summed E-state index contributed by atoms with van der Waals surface area (Å²) < 4.78 is 11.3. The largest absolute Gasteiger partial charge is 0.479 e. The van der Waals surface area contributed by atoms with Gasteiger partial charge in [-0.25, -0.2) is 0 Å². The molecule has 2 aliphatic heterocycles. The van der Waals surface area contributed by atoms with Crippen molar-refractivity contribution in [2.24, 2.45) is 0 Å². The van der Waals surface area contributed by atoms with Crippen LogP contribution in [0.1, 0.15) is 70.4 Å². The molecule has 2 aromatic rings. The van der Waals surface area contributed by atoms with Crippen LogP contribution < -0.4 is 16.0 Å². The van der Waals surface area contributed by atoms with Crippen molar-refractivity contribution in [1.29, 1.82) is 0 Å². The third-order valence-corrected chi connectivity index (χ3v) is 10.1. The molecule has 264 valence electrons. The molecule has 0 aliphatic carbocycles. The molecule has 2 heterocycles. The summed E-state index contributed by atoms with van der Waals surface area (Å²) in [6.07, 6.45) is 2.40. The van der Waals surface area contributed by atoms with Crippen LogP contribution in [0.5, 0.6) is 0 Å². The van der Waals surface area contributed by atoms with Crippen LogP contribution in [0.15, 0.2) is 60.7 Å². The molecule has 2 aromatic carbocycles. The zero-order valence-electron chi connectivity index (χ0n) is 28.3. The second-order valence-electron chi connectivity index (χ2n) is 12.8. The number of thiocarbonyl (C=S) groups is 1. The lowest BCUT2D eigenvalue weighted by Crippen LogP contribution is -2.64. The van der Waals surface area contributed by atoms with Gasteiger partial charge in [-0.1, -0.05) is 72.4 Å². The predicted molar refractivity (Wildman–Crippen MR) is 191 cm³/mol. The minimum absolute atomic E-state index is 0.124. The molecule has 0 saturated carbocycles. The highest BCUT2D eigenvalue weighted by atomic mass is 32.2. The Morgan fingerprint density at radius 3 is 2.29 bits per heavy atom. The zero-order chi connectivity index (χ0) is 35.4. The fourth-order valence-corrected chi connectivity index (χ4v) is 7.35. The number of nitrogens with one attached hydrogen (secondary N) is 3. The molecule has 49 heavy (non-hydrogen) atoms. The van der Waals surface area contributed by atoms with Crippen LogP contribution in [0.3, 0.4) is 0 Å². The summed E-state index contributed by atoms with van der Waals surface area (Å²) in [7, 11) is 0. The van der Waals surface area contributed by atoms with E-state index in [1.165, 1.54) is 16.7 Å². The highest BCUT2D eigenvalue weighted by molar-refractivity contribution is 8.23. The highest BCUT2D eigenvalue weighted by Crippen LogP contribution is 2.26. The Morgan fingerprint density at radius 2 is 1.61 bits per heavy atom. The van der Waals surface area contributed by atoms with Gasteiger partial charge in [-0.15, -0.1) is 0 Å². The van der Waals surface area contributed by atoms with E-state index < -0.39 is 41.4 Å². The summed E-state index contributed by atoms with van der Waals surface area (Å²) in [6.45, 7) is 5.87.